The molecule has 0 radical (unpaired) electrons. The highest BCUT2D eigenvalue weighted by molar-refractivity contribution is 7.80. The van der Waals surface area contributed by atoms with Gasteiger partial charge in [-0.2, -0.15) is 0 Å². The summed E-state index contributed by atoms with van der Waals surface area (Å²) in [5.41, 5.74) is 3.01. The van der Waals surface area contributed by atoms with Crippen LogP contribution in [0, 0.1) is 0 Å². The van der Waals surface area contributed by atoms with Crippen LogP contribution in [0.2, 0.25) is 0 Å². The number of hydrogen-bond acceptors (Lipinski definition) is 8. The number of aromatic nitrogens is 1. The molecule has 0 fully saturated rings. The Hall–Kier alpha value is -3.58. The molecule has 198 valence electrons. The number of anilines is 1. The van der Waals surface area contributed by atoms with E-state index in [0.717, 1.165) is 21.7 Å². The fourth-order valence-electron chi connectivity index (χ4n) is 3.76. The summed E-state index contributed by atoms with van der Waals surface area (Å²) in [6.45, 7) is 0. The van der Waals surface area contributed by atoms with Crippen LogP contribution in [-0.2, 0) is 33.6 Å². The summed E-state index contributed by atoms with van der Waals surface area (Å²) < 4.78 is 28.9. The normalized spacial score (nSPS) is 13.2. The Morgan fingerprint density at radius 2 is 1.71 bits per heavy atom. The van der Waals surface area contributed by atoms with Crippen molar-refractivity contribution < 1.29 is 23.1 Å². The van der Waals surface area contributed by atoms with Crippen LogP contribution in [0.3, 0.4) is 0 Å². The maximum absolute atomic E-state index is 13.5. The molecule has 0 aliphatic rings. The summed E-state index contributed by atoms with van der Waals surface area (Å²) in [6, 6.07) is 18.8. The molecule has 2 aromatic heterocycles. The Balaban J connectivity index is 1.58. The fraction of sp³-hybridized carbons (Fsp3) is 0.192. The second-order valence-electron chi connectivity index (χ2n) is 8.23. The maximum Gasteiger partial charge on any atom is 0.407 e. The van der Waals surface area contributed by atoms with Crippen LogP contribution < -0.4 is 15.4 Å². The smallest absolute Gasteiger partial charge is 0.407 e. The standard InChI is InChI=1S/C26H26N4O5S3/c1-35-26(32)29-20(14-17-6-3-2-4-7-17)24(31)27-21(15-18-9-11-19(12-10-18)30-38(33)34)25-28-22(16-37-25)23-8-5-13-36-23/h2-13,16,20-21,30H,14-15H2,1H3,(H,27,31)(H,29,32)(H,33,34)/p-1/t20-,21-/m0/s1. The highest BCUT2D eigenvalue weighted by Gasteiger charge is 2.26. The van der Waals surface area contributed by atoms with Gasteiger partial charge in [0.05, 0.1) is 23.7 Å². The summed E-state index contributed by atoms with van der Waals surface area (Å²) in [6.07, 6.45) is -0.0228. The van der Waals surface area contributed by atoms with E-state index >= 15 is 0 Å². The van der Waals surface area contributed by atoms with Gasteiger partial charge in [0.1, 0.15) is 11.0 Å². The number of methoxy groups -OCH3 is 1. The summed E-state index contributed by atoms with van der Waals surface area (Å²) in [7, 11) is 1.25. The van der Waals surface area contributed by atoms with Gasteiger partial charge in [0, 0.05) is 28.8 Å². The van der Waals surface area contributed by atoms with Gasteiger partial charge in [-0.1, -0.05) is 48.5 Å². The first-order chi connectivity index (χ1) is 18.4. The summed E-state index contributed by atoms with van der Waals surface area (Å²) in [5, 5.41) is 10.3. The number of ether oxygens (including phenoxy) is 1. The zero-order chi connectivity index (χ0) is 26.9. The lowest BCUT2D eigenvalue weighted by molar-refractivity contribution is -0.123. The van der Waals surface area contributed by atoms with Gasteiger partial charge in [0.15, 0.2) is 0 Å². The first-order valence-electron chi connectivity index (χ1n) is 11.5. The molecule has 38 heavy (non-hydrogen) atoms. The van der Waals surface area contributed by atoms with Crippen LogP contribution >= 0.6 is 22.7 Å². The Labute approximate surface area is 230 Å². The number of amides is 2. The van der Waals surface area contributed by atoms with Crippen molar-refractivity contribution in [1.82, 2.24) is 15.6 Å². The van der Waals surface area contributed by atoms with Crippen LogP contribution in [-0.4, -0.2) is 38.9 Å². The summed E-state index contributed by atoms with van der Waals surface area (Å²) in [5.74, 6) is -0.378. The molecule has 1 unspecified atom stereocenters. The van der Waals surface area contributed by atoms with Crippen LogP contribution in [0.4, 0.5) is 10.5 Å². The van der Waals surface area contributed by atoms with Crippen molar-refractivity contribution in [2.75, 3.05) is 11.8 Å². The maximum atomic E-state index is 13.5. The van der Waals surface area contributed by atoms with E-state index in [0.29, 0.717) is 17.1 Å². The quantitative estimate of drug-likeness (QED) is 0.229. The number of hydrogen-bond donors (Lipinski definition) is 3. The molecule has 4 rings (SSSR count). The summed E-state index contributed by atoms with van der Waals surface area (Å²) >= 11 is 0.596. The zero-order valence-electron chi connectivity index (χ0n) is 20.3. The lowest BCUT2D eigenvalue weighted by Gasteiger charge is -2.22. The van der Waals surface area contributed by atoms with Crippen LogP contribution in [0.5, 0.6) is 0 Å². The predicted octanol–water partition coefficient (Wildman–Crippen LogP) is 4.44. The van der Waals surface area contributed by atoms with Gasteiger partial charge in [0.25, 0.3) is 0 Å². The van der Waals surface area contributed by atoms with Gasteiger partial charge in [-0.3, -0.25) is 9.00 Å². The van der Waals surface area contributed by atoms with Crippen molar-refractivity contribution in [2.45, 2.75) is 24.9 Å². The molecule has 0 bridgehead atoms. The van der Waals surface area contributed by atoms with E-state index in [-0.39, 0.29) is 12.3 Å². The number of alkyl carbamates (subject to hydrolysis) is 1. The first kappa shape index (κ1) is 27.5. The molecule has 0 aliphatic heterocycles. The molecule has 2 amide bonds. The predicted molar refractivity (Wildman–Crippen MR) is 148 cm³/mol. The van der Waals surface area contributed by atoms with Gasteiger partial charge in [-0.25, -0.2) is 9.78 Å². The topological polar surface area (TPSA) is 132 Å². The van der Waals surface area contributed by atoms with Crippen molar-refractivity contribution in [3.63, 3.8) is 0 Å². The first-order valence-corrected chi connectivity index (χ1v) is 14.4. The zero-order valence-corrected chi connectivity index (χ0v) is 22.7. The molecule has 0 aliphatic carbocycles. The van der Waals surface area contributed by atoms with Gasteiger partial charge in [0.2, 0.25) is 5.91 Å². The van der Waals surface area contributed by atoms with E-state index in [2.05, 4.69) is 15.4 Å². The lowest BCUT2D eigenvalue weighted by atomic mass is 10.0. The van der Waals surface area contributed by atoms with Crippen LogP contribution in [0.15, 0.2) is 77.5 Å². The Bertz CT molecular complexity index is 1360. The molecule has 3 atom stereocenters. The van der Waals surface area contributed by atoms with Crippen molar-refractivity contribution in [3.05, 3.63) is 93.6 Å². The minimum atomic E-state index is -2.42. The molecular formula is C26H25N4O5S3-. The largest absolute Gasteiger partial charge is 0.755 e. The third-order valence-corrected chi connectivity index (χ3v) is 7.83. The van der Waals surface area contributed by atoms with Gasteiger partial charge >= 0.3 is 6.09 Å². The van der Waals surface area contributed by atoms with E-state index in [1.165, 1.54) is 18.4 Å². The number of carbonyl (C=O) groups excluding carboxylic acids is 2. The highest BCUT2D eigenvalue weighted by Crippen LogP contribution is 2.30. The number of rotatable bonds is 11. The third-order valence-electron chi connectivity index (χ3n) is 5.58. The summed E-state index contributed by atoms with van der Waals surface area (Å²) in [4.78, 5) is 31.3. The Morgan fingerprint density at radius 3 is 2.37 bits per heavy atom. The Morgan fingerprint density at radius 1 is 0.974 bits per heavy atom. The van der Waals surface area contributed by atoms with E-state index in [9.17, 15) is 18.4 Å². The van der Waals surface area contributed by atoms with E-state index < -0.39 is 29.4 Å². The second kappa shape index (κ2) is 13.3. The number of thiophene rings is 1. The highest BCUT2D eigenvalue weighted by atomic mass is 32.2. The number of nitrogens with zero attached hydrogens (tertiary/aromatic N) is 1. The Kier molecular flexibility index (Phi) is 9.60. The van der Waals surface area contributed by atoms with Crippen LogP contribution in [0.1, 0.15) is 22.2 Å². The van der Waals surface area contributed by atoms with Crippen molar-refractivity contribution in [1.29, 1.82) is 0 Å². The molecule has 0 saturated carbocycles. The minimum Gasteiger partial charge on any atom is -0.755 e. The van der Waals surface area contributed by atoms with E-state index in [4.69, 9.17) is 9.72 Å². The minimum absolute atomic E-state index is 0.277. The lowest BCUT2D eigenvalue weighted by Crippen LogP contribution is -2.49. The van der Waals surface area contributed by atoms with Crippen molar-refractivity contribution in [3.8, 4) is 10.6 Å². The van der Waals surface area contributed by atoms with Gasteiger partial charge in [-0.15, -0.1) is 22.7 Å². The van der Waals surface area contributed by atoms with E-state index in [1.54, 1.807) is 35.6 Å². The third kappa shape index (κ3) is 7.71. The number of carbonyl (C=O) groups is 2. The number of nitrogens with one attached hydrogen (secondary N) is 3. The van der Waals surface area contributed by atoms with Gasteiger partial charge < -0.3 is 24.6 Å². The molecule has 0 spiro atoms. The molecule has 9 nitrogen and oxygen atoms in total. The molecule has 12 heteroatoms. The molecule has 3 N–H and O–H groups in total. The average molecular weight is 570 g/mol. The fourth-order valence-corrected chi connectivity index (χ4v) is 5.72. The van der Waals surface area contributed by atoms with Crippen LogP contribution in [0.25, 0.3) is 10.6 Å². The SMILES string of the molecule is COC(=O)N[C@@H](Cc1ccccc1)C(=O)N[C@@H](Cc1ccc(NS(=O)[O-])cc1)c1nc(-c2cccs2)cs1. The molecule has 2 aromatic carbocycles. The van der Waals surface area contributed by atoms with Crippen molar-refractivity contribution >= 4 is 51.6 Å². The average Bonchev–Trinajstić information content (AvgIpc) is 3.62. The van der Waals surface area contributed by atoms with Crippen molar-refractivity contribution in [2.24, 2.45) is 0 Å². The second-order valence-corrected chi connectivity index (χ2v) is 10.7. The molecule has 2 heterocycles. The molecule has 4 aromatic rings. The molecular weight excluding hydrogens is 545 g/mol. The monoisotopic (exact) mass is 569 g/mol. The number of benzene rings is 2. The van der Waals surface area contributed by atoms with E-state index in [1.807, 2.05) is 53.2 Å². The van der Waals surface area contributed by atoms with Gasteiger partial charge in [-0.05, 0) is 41.1 Å². The number of thiazole rings is 1. The molecule has 0 saturated heterocycles.